The van der Waals surface area contributed by atoms with E-state index in [1.165, 1.54) is 0 Å². The van der Waals surface area contributed by atoms with Gasteiger partial charge in [-0.2, -0.15) is 0 Å². The van der Waals surface area contributed by atoms with Crippen molar-refractivity contribution < 1.29 is 9.53 Å². The molecule has 108 valence electrons. The molecule has 0 atom stereocenters. The molecular formula is C15H21N3O2. The first kappa shape index (κ1) is 14.5. The smallest absolute Gasteiger partial charge is 0.220 e. The molecule has 1 heterocycles. The molecule has 2 N–H and O–H groups in total. The van der Waals surface area contributed by atoms with Crippen LogP contribution >= 0.6 is 0 Å². The van der Waals surface area contributed by atoms with Crippen LogP contribution in [0.1, 0.15) is 25.6 Å². The summed E-state index contributed by atoms with van der Waals surface area (Å²) in [6.07, 6.45) is 1.94. The molecule has 0 fully saturated rings. The number of aryl methyl sites for hydroxylation is 1. The number of nitrogens with zero attached hydrogens (tertiary/aromatic N) is 1. The Labute approximate surface area is 118 Å². The summed E-state index contributed by atoms with van der Waals surface area (Å²) in [7, 11) is 0. The Morgan fingerprint density at radius 1 is 1.40 bits per heavy atom. The van der Waals surface area contributed by atoms with Crippen molar-refractivity contribution in [1.29, 1.82) is 0 Å². The van der Waals surface area contributed by atoms with Crippen LogP contribution in [0.2, 0.25) is 0 Å². The third-order valence-corrected chi connectivity index (χ3v) is 3.02. The second-order valence-electron chi connectivity index (χ2n) is 4.60. The molecule has 5 nitrogen and oxygen atoms in total. The van der Waals surface area contributed by atoms with E-state index in [1.54, 1.807) is 0 Å². The number of rotatable bonds is 8. The summed E-state index contributed by atoms with van der Waals surface area (Å²) < 4.78 is 5.21. The maximum absolute atomic E-state index is 11.7. The predicted molar refractivity (Wildman–Crippen MR) is 78.5 cm³/mol. The number of H-pyrrole nitrogens is 1. The zero-order valence-electron chi connectivity index (χ0n) is 11.8. The van der Waals surface area contributed by atoms with E-state index in [1.807, 2.05) is 31.2 Å². The molecule has 0 spiro atoms. The lowest BCUT2D eigenvalue weighted by Crippen LogP contribution is -2.25. The molecule has 0 bridgehead atoms. The molecular weight excluding hydrogens is 254 g/mol. The van der Waals surface area contributed by atoms with Crippen LogP contribution in [0.3, 0.4) is 0 Å². The van der Waals surface area contributed by atoms with Crippen LogP contribution in [0.5, 0.6) is 0 Å². The number of hydrogen-bond donors (Lipinski definition) is 2. The van der Waals surface area contributed by atoms with Crippen molar-refractivity contribution in [1.82, 2.24) is 15.3 Å². The minimum atomic E-state index is 0.0574. The van der Waals surface area contributed by atoms with Crippen molar-refractivity contribution in [3.8, 4) is 0 Å². The largest absolute Gasteiger partial charge is 0.382 e. The van der Waals surface area contributed by atoms with Crippen LogP contribution in [0.25, 0.3) is 11.0 Å². The quantitative estimate of drug-likeness (QED) is 0.724. The van der Waals surface area contributed by atoms with Crippen LogP contribution < -0.4 is 5.32 Å². The van der Waals surface area contributed by atoms with Crippen LogP contribution in [0.15, 0.2) is 24.3 Å². The highest BCUT2D eigenvalue weighted by atomic mass is 16.5. The van der Waals surface area contributed by atoms with Gasteiger partial charge in [-0.1, -0.05) is 12.1 Å². The van der Waals surface area contributed by atoms with Gasteiger partial charge >= 0.3 is 0 Å². The molecule has 0 unspecified atom stereocenters. The molecule has 0 saturated carbocycles. The number of para-hydroxylation sites is 2. The zero-order valence-corrected chi connectivity index (χ0v) is 11.8. The highest BCUT2D eigenvalue weighted by molar-refractivity contribution is 5.77. The monoisotopic (exact) mass is 275 g/mol. The van der Waals surface area contributed by atoms with Gasteiger partial charge in [0.25, 0.3) is 0 Å². The fourth-order valence-corrected chi connectivity index (χ4v) is 1.99. The summed E-state index contributed by atoms with van der Waals surface area (Å²) in [5.74, 6) is 0.914. The molecule has 0 radical (unpaired) electrons. The molecule has 20 heavy (non-hydrogen) atoms. The van der Waals surface area contributed by atoms with Gasteiger partial charge in [-0.15, -0.1) is 0 Å². The van der Waals surface area contributed by atoms with Crippen LogP contribution in [0, 0.1) is 0 Å². The topological polar surface area (TPSA) is 67.0 Å². The third-order valence-electron chi connectivity index (χ3n) is 3.02. The van der Waals surface area contributed by atoms with Crippen LogP contribution in [0.4, 0.5) is 0 Å². The van der Waals surface area contributed by atoms with Gasteiger partial charge in [0.1, 0.15) is 5.82 Å². The molecule has 0 aliphatic heterocycles. The lowest BCUT2D eigenvalue weighted by atomic mass is 10.3. The highest BCUT2D eigenvalue weighted by Gasteiger charge is 2.05. The summed E-state index contributed by atoms with van der Waals surface area (Å²) in [4.78, 5) is 19.3. The number of nitrogens with one attached hydrogen (secondary N) is 2. The fraction of sp³-hybridized carbons (Fsp3) is 0.467. The summed E-state index contributed by atoms with van der Waals surface area (Å²) in [5.41, 5.74) is 1.96. The molecule has 2 rings (SSSR count). The first-order chi connectivity index (χ1) is 9.79. The number of hydrogen-bond acceptors (Lipinski definition) is 3. The Bertz CT molecular complexity index is 518. The second-order valence-corrected chi connectivity index (χ2v) is 4.60. The maximum atomic E-state index is 11.7. The second kappa shape index (κ2) is 7.65. The number of carbonyl (C=O) groups excluding carboxylic acids is 1. The summed E-state index contributed by atoms with van der Waals surface area (Å²) in [6, 6.07) is 7.87. The van der Waals surface area contributed by atoms with E-state index in [-0.39, 0.29) is 5.91 Å². The van der Waals surface area contributed by atoms with Gasteiger partial charge in [0, 0.05) is 32.6 Å². The normalized spacial score (nSPS) is 10.8. The van der Waals surface area contributed by atoms with Crippen LogP contribution in [-0.2, 0) is 16.0 Å². The minimum Gasteiger partial charge on any atom is -0.382 e. The van der Waals surface area contributed by atoms with Gasteiger partial charge in [-0.3, -0.25) is 4.79 Å². The van der Waals surface area contributed by atoms with Crippen molar-refractivity contribution in [2.75, 3.05) is 19.8 Å². The molecule has 1 aromatic carbocycles. The number of amides is 1. The van der Waals surface area contributed by atoms with Gasteiger partial charge in [-0.05, 0) is 25.5 Å². The number of fused-ring (bicyclic) bond motifs is 1. The van der Waals surface area contributed by atoms with E-state index >= 15 is 0 Å². The predicted octanol–water partition coefficient (Wildman–Crippen LogP) is 2.04. The minimum absolute atomic E-state index is 0.0574. The molecule has 1 amide bonds. The number of ether oxygens (including phenoxy) is 1. The average Bonchev–Trinajstić information content (AvgIpc) is 2.88. The van der Waals surface area contributed by atoms with E-state index in [0.29, 0.717) is 26.0 Å². The summed E-state index contributed by atoms with van der Waals surface area (Å²) >= 11 is 0. The summed E-state index contributed by atoms with van der Waals surface area (Å²) in [5, 5.41) is 2.88. The van der Waals surface area contributed by atoms with Gasteiger partial charge in [0.15, 0.2) is 0 Å². The number of aromatic amines is 1. The van der Waals surface area contributed by atoms with Crippen LogP contribution in [-0.4, -0.2) is 35.6 Å². The van der Waals surface area contributed by atoms with E-state index in [0.717, 1.165) is 29.9 Å². The van der Waals surface area contributed by atoms with Crippen molar-refractivity contribution in [3.63, 3.8) is 0 Å². The number of benzene rings is 1. The molecule has 0 saturated heterocycles. The van der Waals surface area contributed by atoms with Crippen molar-refractivity contribution in [2.45, 2.75) is 26.2 Å². The van der Waals surface area contributed by atoms with E-state index in [9.17, 15) is 4.79 Å². The van der Waals surface area contributed by atoms with Gasteiger partial charge in [-0.25, -0.2) is 4.98 Å². The summed E-state index contributed by atoms with van der Waals surface area (Å²) in [6.45, 7) is 4.05. The lowest BCUT2D eigenvalue weighted by molar-refractivity contribution is -0.121. The number of imidazole rings is 1. The third kappa shape index (κ3) is 4.35. The fourth-order valence-electron chi connectivity index (χ4n) is 1.99. The lowest BCUT2D eigenvalue weighted by Gasteiger charge is -2.04. The molecule has 1 aromatic heterocycles. The Kier molecular flexibility index (Phi) is 5.55. The SMILES string of the molecule is CCOCCCNC(=O)CCc1nc2ccccc2[nH]1. The zero-order chi connectivity index (χ0) is 14.2. The average molecular weight is 275 g/mol. The van der Waals surface area contributed by atoms with Crippen molar-refractivity contribution >= 4 is 16.9 Å². The Morgan fingerprint density at radius 3 is 3.05 bits per heavy atom. The number of aromatic nitrogens is 2. The van der Waals surface area contributed by atoms with Gasteiger partial charge in [0.05, 0.1) is 11.0 Å². The maximum Gasteiger partial charge on any atom is 0.220 e. The Balaban J connectivity index is 1.70. The van der Waals surface area contributed by atoms with E-state index in [4.69, 9.17) is 4.74 Å². The van der Waals surface area contributed by atoms with E-state index in [2.05, 4.69) is 15.3 Å². The first-order valence-corrected chi connectivity index (χ1v) is 7.07. The molecule has 2 aromatic rings. The molecule has 0 aliphatic carbocycles. The Hall–Kier alpha value is -1.88. The van der Waals surface area contributed by atoms with Gasteiger partial charge in [0.2, 0.25) is 5.91 Å². The Morgan fingerprint density at radius 2 is 2.25 bits per heavy atom. The van der Waals surface area contributed by atoms with Crippen molar-refractivity contribution in [2.24, 2.45) is 0 Å². The molecule has 5 heteroatoms. The molecule has 0 aliphatic rings. The highest BCUT2D eigenvalue weighted by Crippen LogP contribution is 2.11. The number of carbonyl (C=O) groups is 1. The first-order valence-electron chi connectivity index (χ1n) is 7.07. The van der Waals surface area contributed by atoms with Gasteiger partial charge < -0.3 is 15.0 Å². The standard InChI is InChI=1S/C15H21N3O2/c1-2-20-11-5-10-16-15(19)9-8-14-17-12-6-3-4-7-13(12)18-14/h3-4,6-7H,2,5,8-11H2,1H3,(H,16,19)(H,17,18). The van der Waals surface area contributed by atoms with Crippen molar-refractivity contribution in [3.05, 3.63) is 30.1 Å². The van der Waals surface area contributed by atoms with E-state index < -0.39 is 0 Å².